The number of rotatable bonds is 4. The average molecular weight is 387 g/mol. The minimum Gasteiger partial charge on any atom is -0.454 e. The molecule has 3 heterocycles. The maximum atomic E-state index is 13.0. The van der Waals surface area contributed by atoms with Crippen molar-refractivity contribution in [2.75, 3.05) is 26.4 Å². The predicted molar refractivity (Wildman–Crippen MR) is 99.9 cm³/mol. The van der Waals surface area contributed by atoms with Crippen LogP contribution in [0.15, 0.2) is 18.2 Å². The third-order valence-corrected chi connectivity index (χ3v) is 5.64. The molecular weight excluding hydrogens is 362 g/mol. The third-order valence-electron chi connectivity index (χ3n) is 5.64. The Hall–Kier alpha value is -2.77. The molecule has 2 fully saturated rings. The van der Waals surface area contributed by atoms with Crippen LogP contribution in [0.2, 0.25) is 0 Å². The summed E-state index contributed by atoms with van der Waals surface area (Å²) in [6, 6.07) is 4.93. The zero-order valence-electron chi connectivity index (χ0n) is 16.2. The SMILES string of the molecule is C[C@H]1CCCN(C(=O)CN2C(=O)N[C@@](C)(Cc3ccc4c(c3)OCO4)C2=O)C1. The smallest absolute Gasteiger partial charge is 0.325 e. The fraction of sp³-hybridized carbons (Fsp3) is 0.550. The van der Waals surface area contributed by atoms with Gasteiger partial charge in [0.1, 0.15) is 12.1 Å². The van der Waals surface area contributed by atoms with E-state index >= 15 is 0 Å². The molecule has 2 saturated heterocycles. The minimum atomic E-state index is -1.10. The number of carbonyl (C=O) groups is 3. The molecule has 150 valence electrons. The zero-order chi connectivity index (χ0) is 19.9. The summed E-state index contributed by atoms with van der Waals surface area (Å²) < 4.78 is 10.7. The molecule has 8 nitrogen and oxygen atoms in total. The van der Waals surface area contributed by atoms with Gasteiger partial charge in [0.25, 0.3) is 5.91 Å². The van der Waals surface area contributed by atoms with Crippen molar-refractivity contribution in [3.8, 4) is 11.5 Å². The van der Waals surface area contributed by atoms with E-state index in [1.807, 2.05) is 12.1 Å². The molecule has 0 radical (unpaired) electrons. The Bertz CT molecular complexity index is 826. The van der Waals surface area contributed by atoms with Crippen LogP contribution >= 0.6 is 0 Å². The number of hydrogen-bond donors (Lipinski definition) is 1. The van der Waals surface area contributed by atoms with Gasteiger partial charge >= 0.3 is 6.03 Å². The molecule has 2 atom stereocenters. The third kappa shape index (κ3) is 3.39. The molecule has 0 aliphatic carbocycles. The Morgan fingerprint density at radius 3 is 2.86 bits per heavy atom. The van der Waals surface area contributed by atoms with Crippen molar-refractivity contribution < 1.29 is 23.9 Å². The molecule has 1 aromatic rings. The summed E-state index contributed by atoms with van der Waals surface area (Å²) in [6.45, 7) is 5.12. The van der Waals surface area contributed by atoms with Crippen LogP contribution in [0.3, 0.4) is 0 Å². The maximum absolute atomic E-state index is 13.0. The topological polar surface area (TPSA) is 88.2 Å². The van der Waals surface area contributed by atoms with Crippen molar-refractivity contribution in [2.45, 2.75) is 38.6 Å². The van der Waals surface area contributed by atoms with E-state index in [0.717, 1.165) is 23.3 Å². The summed E-state index contributed by atoms with van der Waals surface area (Å²) in [7, 11) is 0. The molecule has 0 unspecified atom stereocenters. The molecule has 1 aromatic carbocycles. The number of ether oxygens (including phenoxy) is 2. The van der Waals surface area contributed by atoms with Crippen molar-refractivity contribution in [3.05, 3.63) is 23.8 Å². The first-order valence-corrected chi connectivity index (χ1v) is 9.66. The predicted octanol–water partition coefficient (Wildman–Crippen LogP) is 1.53. The average Bonchev–Trinajstić information content (AvgIpc) is 3.19. The maximum Gasteiger partial charge on any atom is 0.325 e. The Morgan fingerprint density at radius 2 is 2.07 bits per heavy atom. The Morgan fingerprint density at radius 1 is 1.29 bits per heavy atom. The van der Waals surface area contributed by atoms with E-state index < -0.39 is 11.6 Å². The van der Waals surface area contributed by atoms with Crippen LogP contribution in [-0.2, 0) is 16.0 Å². The highest BCUT2D eigenvalue weighted by Crippen LogP contribution is 2.34. The zero-order valence-corrected chi connectivity index (χ0v) is 16.2. The van der Waals surface area contributed by atoms with Gasteiger partial charge in [-0.05, 0) is 43.4 Å². The molecule has 0 aromatic heterocycles. The van der Waals surface area contributed by atoms with Crippen LogP contribution in [0.4, 0.5) is 4.79 Å². The molecule has 8 heteroatoms. The molecular formula is C20H25N3O5. The van der Waals surface area contributed by atoms with Gasteiger partial charge in [-0.15, -0.1) is 0 Å². The molecule has 3 aliphatic rings. The van der Waals surface area contributed by atoms with Gasteiger partial charge in [0, 0.05) is 19.5 Å². The number of piperidine rings is 1. The Labute approximate surface area is 163 Å². The number of amides is 4. The lowest BCUT2D eigenvalue weighted by molar-refractivity contribution is -0.139. The first-order valence-electron chi connectivity index (χ1n) is 9.66. The number of carbonyl (C=O) groups excluding carboxylic acids is 3. The normalized spacial score (nSPS) is 26.6. The van der Waals surface area contributed by atoms with Crippen molar-refractivity contribution >= 4 is 17.8 Å². The molecule has 0 bridgehead atoms. The number of imide groups is 1. The quantitative estimate of drug-likeness (QED) is 0.792. The lowest BCUT2D eigenvalue weighted by Crippen LogP contribution is -2.48. The van der Waals surface area contributed by atoms with E-state index in [9.17, 15) is 14.4 Å². The highest BCUT2D eigenvalue weighted by Gasteiger charge is 2.48. The van der Waals surface area contributed by atoms with Crippen molar-refractivity contribution in [3.63, 3.8) is 0 Å². The fourth-order valence-corrected chi connectivity index (χ4v) is 4.12. The number of urea groups is 1. The molecule has 0 spiro atoms. The standard InChI is InChI=1S/C20H25N3O5/c1-13-4-3-7-22(10-13)17(24)11-23-18(25)20(2,21-19(23)26)9-14-5-6-15-16(8-14)28-12-27-15/h5-6,8,13H,3-4,7,9-12H2,1-2H3,(H,21,26)/t13-,20-/m0/s1. The number of nitrogens with one attached hydrogen (secondary N) is 1. The molecule has 0 saturated carbocycles. The summed E-state index contributed by atoms with van der Waals surface area (Å²) in [6.07, 6.45) is 2.36. The van der Waals surface area contributed by atoms with E-state index in [1.54, 1.807) is 17.9 Å². The van der Waals surface area contributed by atoms with E-state index in [4.69, 9.17) is 9.47 Å². The summed E-state index contributed by atoms with van der Waals surface area (Å²) in [5.74, 6) is 1.18. The van der Waals surface area contributed by atoms with E-state index in [1.165, 1.54) is 0 Å². The van der Waals surface area contributed by atoms with Gasteiger partial charge in [-0.2, -0.15) is 0 Å². The van der Waals surface area contributed by atoms with Crippen LogP contribution in [0.5, 0.6) is 11.5 Å². The Kier molecular flexibility index (Phi) is 4.64. The first kappa shape index (κ1) is 18.6. The summed E-state index contributed by atoms with van der Waals surface area (Å²) in [4.78, 5) is 40.8. The van der Waals surface area contributed by atoms with Gasteiger partial charge < -0.3 is 19.7 Å². The highest BCUT2D eigenvalue weighted by molar-refractivity contribution is 6.09. The van der Waals surface area contributed by atoms with Crippen LogP contribution in [0.1, 0.15) is 32.3 Å². The van der Waals surface area contributed by atoms with E-state index in [2.05, 4.69) is 12.2 Å². The van der Waals surface area contributed by atoms with Crippen molar-refractivity contribution in [1.29, 1.82) is 0 Å². The second-order valence-corrected chi connectivity index (χ2v) is 8.11. The molecule has 4 amide bonds. The van der Waals surface area contributed by atoms with Crippen molar-refractivity contribution in [1.82, 2.24) is 15.1 Å². The number of likely N-dealkylation sites (tertiary alicyclic amines) is 1. The summed E-state index contributed by atoms with van der Waals surface area (Å²) >= 11 is 0. The van der Waals surface area contributed by atoms with Crippen LogP contribution in [0, 0.1) is 5.92 Å². The van der Waals surface area contributed by atoms with Gasteiger partial charge in [-0.1, -0.05) is 13.0 Å². The fourth-order valence-electron chi connectivity index (χ4n) is 4.12. The highest BCUT2D eigenvalue weighted by atomic mass is 16.7. The van der Waals surface area contributed by atoms with Crippen LogP contribution in [0.25, 0.3) is 0 Å². The largest absolute Gasteiger partial charge is 0.454 e. The number of nitrogens with zero attached hydrogens (tertiary/aromatic N) is 2. The molecule has 28 heavy (non-hydrogen) atoms. The second kappa shape index (κ2) is 7.00. The summed E-state index contributed by atoms with van der Waals surface area (Å²) in [5.41, 5.74) is -0.251. The van der Waals surface area contributed by atoms with Crippen LogP contribution in [-0.4, -0.2) is 59.6 Å². The van der Waals surface area contributed by atoms with E-state index in [-0.39, 0.29) is 25.2 Å². The van der Waals surface area contributed by atoms with Gasteiger partial charge in [-0.3, -0.25) is 14.5 Å². The molecule has 3 aliphatic heterocycles. The first-order chi connectivity index (χ1) is 13.4. The lowest BCUT2D eigenvalue weighted by Gasteiger charge is -2.31. The lowest BCUT2D eigenvalue weighted by atomic mass is 9.92. The van der Waals surface area contributed by atoms with Crippen LogP contribution < -0.4 is 14.8 Å². The Balaban J connectivity index is 1.44. The van der Waals surface area contributed by atoms with Gasteiger partial charge in [0.15, 0.2) is 11.5 Å². The van der Waals surface area contributed by atoms with Crippen molar-refractivity contribution in [2.24, 2.45) is 5.92 Å². The molecule has 4 rings (SSSR count). The van der Waals surface area contributed by atoms with Gasteiger partial charge in [-0.25, -0.2) is 4.79 Å². The monoisotopic (exact) mass is 387 g/mol. The van der Waals surface area contributed by atoms with Gasteiger partial charge in [0.05, 0.1) is 0 Å². The number of hydrogen-bond acceptors (Lipinski definition) is 5. The number of benzene rings is 1. The van der Waals surface area contributed by atoms with E-state index in [0.29, 0.717) is 36.9 Å². The summed E-state index contributed by atoms with van der Waals surface area (Å²) in [5, 5.41) is 2.76. The van der Waals surface area contributed by atoms with Gasteiger partial charge in [0.2, 0.25) is 12.7 Å². The minimum absolute atomic E-state index is 0.177. The molecule has 1 N–H and O–H groups in total. The number of fused-ring (bicyclic) bond motifs is 1. The second-order valence-electron chi connectivity index (χ2n) is 8.11.